The van der Waals surface area contributed by atoms with Crippen LogP contribution in [0.4, 0.5) is 10.1 Å². The number of hydrogen-bond acceptors (Lipinski definition) is 4. The predicted molar refractivity (Wildman–Crippen MR) is 59.2 cm³/mol. The molecule has 0 saturated heterocycles. The van der Waals surface area contributed by atoms with E-state index < -0.39 is 11.7 Å². The second-order valence-electron chi connectivity index (χ2n) is 3.19. The van der Waals surface area contributed by atoms with Gasteiger partial charge in [-0.1, -0.05) is 0 Å². The summed E-state index contributed by atoms with van der Waals surface area (Å²) in [6.07, 6.45) is 0.437. The number of halogens is 1. The average molecular weight is 241 g/mol. The van der Waals surface area contributed by atoms with E-state index in [2.05, 4.69) is 5.32 Å². The van der Waals surface area contributed by atoms with Crippen molar-refractivity contribution < 1.29 is 23.5 Å². The van der Waals surface area contributed by atoms with Gasteiger partial charge in [0, 0.05) is 6.92 Å². The highest BCUT2D eigenvalue weighted by atomic mass is 19.1. The topological polar surface area (TPSA) is 64.6 Å². The van der Waals surface area contributed by atoms with Crippen molar-refractivity contribution in [3.05, 3.63) is 17.4 Å². The maximum atomic E-state index is 13.9. The van der Waals surface area contributed by atoms with Gasteiger partial charge in [-0.15, -0.1) is 0 Å². The van der Waals surface area contributed by atoms with Gasteiger partial charge in [0.2, 0.25) is 11.7 Å². The number of hydrogen-bond donors (Lipinski definition) is 1. The lowest BCUT2D eigenvalue weighted by atomic mass is 10.1. The molecule has 0 aliphatic heterocycles. The summed E-state index contributed by atoms with van der Waals surface area (Å²) < 4.78 is 23.5. The Kier molecular flexibility index (Phi) is 4.03. The first kappa shape index (κ1) is 13.0. The van der Waals surface area contributed by atoms with E-state index in [-0.39, 0.29) is 22.7 Å². The summed E-state index contributed by atoms with van der Waals surface area (Å²) in [6, 6.07) is 1.29. The van der Waals surface area contributed by atoms with Crippen molar-refractivity contribution in [1.82, 2.24) is 0 Å². The first-order valence-electron chi connectivity index (χ1n) is 4.72. The molecule has 0 unspecified atom stereocenters. The quantitative estimate of drug-likeness (QED) is 0.813. The SMILES string of the molecule is COc1c(C=O)cc(NC(C)=O)c(OC)c1F. The minimum absolute atomic E-state index is 0.00505. The van der Waals surface area contributed by atoms with Crippen LogP contribution < -0.4 is 14.8 Å². The zero-order valence-corrected chi connectivity index (χ0v) is 9.67. The van der Waals surface area contributed by atoms with Crippen molar-refractivity contribution >= 4 is 17.9 Å². The summed E-state index contributed by atoms with van der Waals surface area (Å²) in [5.41, 5.74) is 0.0787. The van der Waals surface area contributed by atoms with Gasteiger partial charge >= 0.3 is 0 Å². The van der Waals surface area contributed by atoms with Gasteiger partial charge in [0.25, 0.3) is 0 Å². The second-order valence-corrected chi connectivity index (χ2v) is 3.19. The van der Waals surface area contributed by atoms with Crippen molar-refractivity contribution in [3.63, 3.8) is 0 Å². The first-order valence-corrected chi connectivity index (χ1v) is 4.72. The van der Waals surface area contributed by atoms with Crippen LogP contribution in [0, 0.1) is 5.82 Å². The molecule has 0 bridgehead atoms. The normalized spacial score (nSPS) is 9.65. The molecule has 1 N–H and O–H groups in total. The fourth-order valence-corrected chi connectivity index (χ4v) is 1.41. The number of benzene rings is 1. The molecule has 0 aliphatic carbocycles. The second kappa shape index (κ2) is 5.29. The van der Waals surface area contributed by atoms with Crippen LogP contribution in [0.25, 0.3) is 0 Å². The van der Waals surface area contributed by atoms with Gasteiger partial charge in [-0.05, 0) is 6.07 Å². The van der Waals surface area contributed by atoms with Gasteiger partial charge < -0.3 is 14.8 Å². The third-order valence-electron chi connectivity index (χ3n) is 2.05. The summed E-state index contributed by atoms with van der Waals surface area (Å²) in [5, 5.41) is 2.37. The van der Waals surface area contributed by atoms with Gasteiger partial charge in [0.05, 0.1) is 25.5 Å². The third kappa shape index (κ3) is 2.52. The highest BCUT2D eigenvalue weighted by molar-refractivity contribution is 5.93. The highest BCUT2D eigenvalue weighted by Gasteiger charge is 2.20. The van der Waals surface area contributed by atoms with Crippen LogP contribution in [0.2, 0.25) is 0 Å². The summed E-state index contributed by atoms with van der Waals surface area (Å²) in [4.78, 5) is 21.7. The third-order valence-corrected chi connectivity index (χ3v) is 2.05. The number of rotatable bonds is 4. The van der Waals surface area contributed by atoms with Crippen LogP contribution in [0.15, 0.2) is 6.07 Å². The number of anilines is 1. The Hall–Kier alpha value is -2.11. The van der Waals surface area contributed by atoms with E-state index in [1.165, 1.54) is 27.2 Å². The van der Waals surface area contributed by atoms with Gasteiger partial charge in [0.15, 0.2) is 17.8 Å². The number of aldehydes is 1. The predicted octanol–water partition coefficient (Wildman–Crippen LogP) is 1.61. The van der Waals surface area contributed by atoms with E-state index in [0.29, 0.717) is 6.29 Å². The van der Waals surface area contributed by atoms with Gasteiger partial charge in [-0.2, -0.15) is 4.39 Å². The van der Waals surface area contributed by atoms with Crippen LogP contribution in [0.5, 0.6) is 11.5 Å². The number of ether oxygens (including phenoxy) is 2. The lowest BCUT2D eigenvalue weighted by Crippen LogP contribution is -2.09. The zero-order chi connectivity index (χ0) is 13.0. The minimum Gasteiger partial charge on any atom is -0.493 e. The summed E-state index contributed by atoms with van der Waals surface area (Å²) in [7, 11) is 2.49. The van der Waals surface area contributed by atoms with E-state index in [1.807, 2.05) is 0 Å². The number of carbonyl (C=O) groups excluding carboxylic acids is 2. The van der Waals surface area contributed by atoms with Crippen molar-refractivity contribution in [2.24, 2.45) is 0 Å². The van der Waals surface area contributed by atoms with Crippen LogP contribution in [-0.4, -0.2) is 26.4 Å². The molecular weight excluding hydrogens is 229 g/mol. The molecule has 1 aromatic rings. The van der Waals surface area contributed by atoms with Crippen LogP contribution >= 0.6 is 0 Å². The zero-order valence-electron chi connectivity index (χ0n) is 9.67. The molecule has 17 heavy (non-hydrogen) atoms. The van der Waals surface area contributed by atoms with Crippen molar-refractivity contribution in [2.75, 3.05) is 19.5 Å². The van der Waals surface area contributed by atoms with E-state index >= 15 is 0 Å². The molecule has 0 spiro atoms. The van der Waals surface area contributed by atoms with Crippen molar-refractivity contribution in [3.8, 4) is 11.5 Å². The molecule has 0 radical (unpaired) electrons. The van der Waals surface area contributed by atoms with E-state index in [9.17, 15) is 14.0 Å². The molecule has 0 aromatic heterocycles. The highest BCUT2D eigenvalue weighted by Crippen LogP contribution is 2.36. The molecular formula is C11H12FNO4. The van der Waals surface area contributed by atoms with Crippen molar-refractivity contribution in [2.45, 2.75) is 6.92 Å². The molecule has 0 atom stereocenters. The van der Waals surface area contributed by atoms with Crippen LogP contribution in [0.1, 0.15) is 17.3 Å². The lowest BCUT2D eigenvalue weighted by molar-refractivity contribution is -0.114. The van der Waals surface area contributed by atoms with Gasteiger partial charge in [-0.3, -0.25) is 9.59 Å². The molecule has 1 amide bonds. The standard InChI is InChI=1S/C11H12FNO4/c1-6(15)13-8-4-7(5-14)10(16-2)9(12)11(8)17-3/h4-5H,1-3H3,(H,13,15). The largest absolute Gasteiger partial charge is 0.493 e. The van der Waals surface area contributed by atoms with Gasteiger partial charge in [0.1, 0.15) is 0 Å². The van der Waals surface area contributed by atoms with E-state index in [1.54, 1.807) is 0 Å². The Bertz CT molecular complexity index is 459. The van der Waals surface area contributed by atoms with Crippen LogP contribution in [-0.2, 0) is 4.79 Å². The summed E-state index contributed by atoms with van der Waals surface area (Å²) in [6.45, 7) is 1.27. The molecule has 0 saturated carbocycles. The molecule has 0 aliphatic rings. The van der Waals surface area contributed by atoms with E-state index in [0.717, 1.165) is 0 Å². The molecule has 0 fully saturated rings. The lowest BCUT2D eigenvalue weighted by Gasteiger charge is -2.14. The first-order chi connectivity index (χ1) is 8.04. The molecule has 1 rings (SSSR count). The summed E-state index contributed by atoms with van der Waals surface area (Å²) in [5.74, 6) is -1.62. The Balaban J connectivity index is 3.44. The summed E-state index contributed by atoms with van der Waals surface area (Å²) >= 11 is 0. The number of nitrogens with one attached hydrogen (secondary N) is 1. The Labute approximate surface area is 97.5 Å². The maximum absolute atomic E-state index is 13.9. The Morgan fingerprint density at radius 2 is 1.94 bits per heavy atom. The molecule has 92 valence electrons. The fourth-order valence-electron chi connectivity index (χ4n) is 1.41. The molecule has 0 heterocycles. The molecule has 1 aromatic carbocycles. The number of carbonyl (C=O) groups is 2. The Morgan fingerprint density at radius 1 is 1.35 bits per heavy atom. The number of amides is 1. The number of methoxy groups -OCH3 is 2. The van der Waals surface area contributed by atoms with Crippen molar-refractivity contribution in [1.29, 1.82) is 0 Å². The fraction of sp³-hybridized carbons (Fsp3) is 0.273. The average Bonchev–Trinajstić information content (AvgIpc) is 2.28. The van der Waals surface area contributed by atoms with Gasteiger partial charge in [-0.25, -0.2) is 0 Å². The molecule has 6 heteroatoms. The van der Waals surface area contributed by atoms with Crippen LogP contribution in [0.3, 0.4) is 0 Å². The molecule has 5 nitrogen and oxygen atoms in total. The Morgan fingerprint density at radius 3 is 2.35 bits per heavy atom. The van der Waals surface area contributed by atoms with E-state index in [4.69, 9.17) is 9.47 Å². The minimum atomic E-state index is -0.830. The monoisotopic (exact) mass is 241 g/mol. The maximum Gasteiger partial charge on any atom is 0.221 e. The smallest absolute Gasteiger partial charge is 0.221 e.